The number of halogens is 1. The van der Waals surface area contributed by atoms with E-state index in [1.807, 2.05) is 12.1 Å². The van der Waals surface area contributed by atoms with Crippen LogP contribution in [-0.4, -0.2) is 17.1 Å². The Morgan fingerprint density at radius 3 is 2.37 bits per heavy atom. The fourth-order valence-electron chi connectivity index (χ4n) is 4.06. The Morgan fingerprint density at radius 2 is 1.77 bits per heavy atom. The highest BCUT2D eigenvalue weighted by Crippen LogP contribution is 2.44. The molecule has 0 amide bonds. The summed E-state index contributed by atoms with van der Waals surface area (Å²) >= 11 is 6.14. The van der Waals surface area contributed by atoms with Crippen LogP contribution >= 0.6 is 11.6 Å². The molecule has 0 N–H and O–H groups in total. The average molecular weight is 453 g/mol. The summed E-state index contributed by atoms with van der Waals surface area (Å²) in [5.74, 6) is 0.989. The van der Waals surface area contributed by atoms with E-state index in [1.165, 1.54) is 18.0 Å². The van der Waals surface area contributed by atoms with Crippen LogP contribution in [0.2, 0.25) is 36.2 Å². The molecule has 3 rings (SSSR count). The highest BCUT2D eigenvalue weighted by atomic mass is 35.5. The van der Waals surface area contributed by atoms with Gasteiger partial charge in [0.2, 0.25) is 0 Å². The first-order chi connectivity index (χ1) is 14.3. The molecule has 1 nitrogen and oxygen atoms in total. The van der Waals surface area contributed by atoms with Crippen molar-refractivity contribution in [1.82, 2.24) is 0 Å². The minimum absolute atomic E-state index is 0.364. The quantitative estimate of drug-likeness (QED) is 0.300. The summed E-state index contributed by atoms with van der Waals surface area (Å²) < 4.78 is 6.77. The lowest BCUT2D eigenvalue weighted by atomic mass is 9.93. The van der Waals surface area contributed by atoms with Gasteiger partial charge in [-0.05, 0) is 72.9 Å². The standard InChI is InChI=1S/C26H33ClOSi2/c1-29(2)26(19-9-6-10-20-26)21-11-14-25(22-15-17-23(27)18-16-22)28-30(3,4)24-12-7-5-8-13-24/h5-10,12-19,29H,11,20-21H2,1-4H3/b25-14-. The Labute approximate surface area is 189 Å². The van der Waals surface area contributed by atoms with E-state index < -0.39 is 17.1 Å². The van der Waals surface area contributed by atoms with Crippen LogP contribution in [0.15, 0.2) is 85.0 Å². The van der Waals surface area contributed by atoms with Gasteiger partial charge in [0.05, 0.1) is 0 Å². The predicted octanol–water partition coefficient (Wildman–Crippen LogP) is 7.33. The molecule has 1 aliphatic rings. The summed E-state index contributed by atoms with van der Waals surface area (Å²) in [6.07, 6.45) is 14.9. The van der Waals surface area contributed by atoms with E-state index in [4.69, 9.17) is 16.0 Å². The summed E-state index contributed by atoms with van der Waals surface area (Å²) in [6.45, 7) is 9.47. The molecule has 2 aromatic rings. The zero-order chi connectivity index (χ0) is 21.6. The van der Waals surface area contributed by atoms with Crippen molar-refractivity contribution in [3.63, 3.8) is 0 Å². The second-order valence-electron chi connectivity index (χ2n) is 8.97. The molecular weight excluding hydrogens is 420 g/mol. The molecule has 2 aromatic carbocycles. The van der Waals surface area contributed by atoms with Crippen LogP contribution in [0.1, 0.15) is 24.8 Å². The summed E-state index contributed by atoms with van der Waals surface area (Å²) in [5.41, 5.74) is 1.10. The predicted molar refractivity (Wildman–Crippen MR) is 138 cm³/mol. The second kappa shape index (κ2) is 9.99. The van der Waals surface area contributed by atoms with E-state index in [9.17, 15) is 0 Å². The van der Waals surface area contributed by atoms with Gasteiger partial charge in [-0.25, -0.2) is 0 Å². The molecule has 0 spiro atoms. The van der Waals surface area contributed by atoms with Gasteiger partial charge in [0.25, 0.3) is 8.32 Å². The van der Waals surface area contributed by atoms with E-state index >= 15 is 0 Å². The van der Waals surface area contributed by atoms with E-state index in [0.717, 1.165) is 22.8 Å². The molecule has 1 unspecified atom stereocenters. The molecule has 0 bridgehead atoms. The maximum Gasteiger partial charge on any atom is 0.276 e. The SMILES string of the molecule is C[SiH](C)C1(CC/C=C(\O[Si](C)(C)c2ccccc2)c2ccc(Cl)cc2)C=CC=CC1. The number of hydrogen-bond donors (Lipinski definition) is 0. The molecule has 0 aromatic heterocycles. The van der Waals surface area contributed by atoms with E-state index in [1.54, 1.807) is 0 Å². The topological polar surface area (TPSA) is 9.23 Å². The fourth-order valence-corrected chi connectivity index (χ4v) is 7.90. The van der Waals surface area contributed by atoms with Crippen molar-refractivity contribution in [3.05, 3.63) is 95.6 Å². The van der Waals surface area contributed by atoms with Gasteiger partial charge in [-0.1, -0.05) is 79.3 Å². The molecular formula is C26H33ClOSi2. The minimum Gasteiger partial charge on any atom is -0.539 e. The van der Waals surface area contributed by atoms with Gasteiger partial charge in [0.15, 0.2) is 0 Å². The van der Waals surface area contributed by atoms with Crippen LogP contribution in [0.25, 0.3) is 5.76 Å². The normalized spacial score (nSPS) is 19.3. The third kappa shape index (κ3) is 5.66. The second-order valence-corrected chi connectivity index (χ2v) is 16.7. The number of hydrogen-bond acceptors (Lipinski definition) is 1. The van der Waals surface area contributed by atoms with Gasteiger partial charge in [0, 0.05) is 19.4 Å². The van der Waals surface area contributed by atoms with Gasteiger partial charge in [-0.3, -0.25) is 0 Å². The zero-order valence-electron chi connectivity index (χ0n) is 18.6. The smallest absolute Gasteiger partial charge is 0.276 e. The lowest BCUT2D eigenvalue weighted by Crippen LogP contribution is -2.44. The van der Waals surface area contributed by atoms with Crippen molar-refractivity contribution in [2.45, 2.75) is 50.5 Å². The maximum absolute atomic E-state index is 6.77. The van der Waals surface area contributed by atoms with Crippen molar-refractivity contribution in [2.24, 2.45) is 0 Å². The molecule has 1 atom stereocenters. The Balaban J connectivity index is 1.85. The lowest BCUT2D eigenvalue weighted by Gasteiger charge is -2.35. The molecule has 30 heavy (non-hydrogen) atoms. The number of allylic oxidation sites excluding steroid dienone is 5. The third-order valence-corrected chi connectivity index (χ3v) is 11.9. The van der Waals surface area contributed by atoms with E-state index in [0.29, 0.717) is 5.04 Å². The van der Waals surface area contributed by atoms with Gasteiger partial charge in [-0.15, -0.1) is 0 Å². The molecule has 0 heterocycles. The number of benzene rings is 2. The first-order valence-corrected chi connectivity index (χ1v) is 17.0. The fraction of sp³-hybridized carbons (Fsp3) is 0.308. The van der Waals surface area contributed by atoms with Crippen molar-refractivity contribution in [1.29, 1.82) is 0 Å². The molecule has 0 aliphatic heterocycles. The number of rotatable bonds is 8. The zero-order valence-corrected chi connectivity index (χ0v) is 21.5. The first-order valence-electron chi connectivity index (χ1n) is 10.9. The van der Waals surface area contributed by atoms with Gasteiger partial charge in [0.1, 0.15) is 5.76 Å². The lowest BCUT2D eigenvalue weighted by molar-refractivity contribution is 0.515. The Bertz CT molecular complexity index is 914. The summed E-state index contributed by atoms with van der Waals surface area (Å²) in [4.78, 5) is 0. The van der Waals surface area contributed by atoms with Crippen molar-refractivity contribution in [2.75, 3.05) is 0 Å². The minimum atomic E-state index is -2.09. The van der Waals surface area contributed by atoms with E-state index in [-0.39, 0.29) is 0 Å². The van der Waals surface area contributed by atoms with Gasteiger partial charge < -0.3 is 4.43 Å². The van der Waals surface area contributed by atoms with Crippen molar-refractivity contribution >= 4 is 39.7 Å². The molecule has 0 radical (unpaired) electrons. The molecule has 0 saturated heterocycles. The summed E-state index contributed by atoms with van der Waals surface area (Å²) in [6, 6.07) is 18.7. The molecule has 0 saturated carbocycles. The largest absolute Gasteiger partial charge is 0.539 e. The molecule has 4 heteroatoms. The molecule has 1 aliphatic carbocycles. The Morgan fingerprint density at radius 1 is 1.07 bits per heavy atom. The summed E-state index contributed by atoms with van der Waals surface area (Å²) in [5, 5.41) is 2.42. The Kier molecular flexibility index (Phi) is 7.62. The van der Waals surface area contributed by atoms with Crippen LogP contribution in [-0.2, 0) is 4.43 Å². The van der Waals surface area contributed by atoms with E-state index in [2.05, 4.69) is 99.0 Å². The van der Waals surface area contributed by atoms with Crippen LogP contribution < -0.4 is 5.19 Å². The maximum atomic E-state index is 6.77. The summed E-state index contributed by atoms with van der Waals surface area (Å²) in [7, 11) is -2.93. The highest BCUT2D eigenvalue weighted by Gasteiger charge is 2.31. The van der Waals surface area contributed by atoms with Crippen LogP contribution in [0.5, 0.6) is 0 Å². The van der Waals surface area contributed by atoms with Crippen molar-refractivity contribution in [3.8, 4) is 0 Å². The van der Waals surface area contributed by atoms with Crippen molar-refractivity contribution < 1.29 is 4.43 Å². The highest BCUT2D eigenvalue weighted by molar-refractivity contribution is 6.85. The van der Waals surface area contributed by atoms with Crippen LogP contribution in [0, 0.1) is 0 Å². The monoisotopic (exact) mass is 452 g/mol. The van der Waals surface area contributed by atoms with Crippen LogP contribution in [0.4, 0.5) is 0 Å². The molecule has 158 valence electrons. The third-order valence-electron chi connectivity index (χ3n) is 6.23. The Hall–Kier alpha value is -1.82. The average Bonchev–Trinajstić information content (AvgIpc) is 2.75. The molecule has 0 fully saturated rings. The van der Waals surface area contributed by atoms with Crippen LogP contribution in [0.3, 0.4) is 0 Å². The van der Waals surface area contributed by atoms with Gasteiger partial charge >= 0.3 is 0 Å². The first kappa shape index (κ1) is 22.9. The van der Waals surface area contributed by atoms with Gasteiger partial charge in [-0.2, -0.15) is 0 Å².